The number of fused-ring (bicyclic) bond motifs is 1. The molecule has 0 radical (unpaired) electrons. The van der Waals surface area contributed by atoms with Crippen molar-refractivity contribution in [2.75, 3.05) is 20.1 Å². The normalized spacial score (nSPS) is 21.1. The molecule has 0 spiro atoms. The van der Waals surface area contributed by atoms with Crippen LogP contribution in [0.2, 0.25) is 0 Å². The zero-order valence-electron chi connectivity index (χ0n) is 15.3. The molecule has 1 aromatic carbocycles. The van der Waals surface area contributed by atoms with Crippen LogP contribution in [0.25, 0.3) is 10.9 Å². The fourth-order valence-corrected chi connectivity index (χ4v) is 3.88. The molecule has 2 aromatic rings. The predicted octanol–water partition coefficient (Wildman–Crippen LogP) is 4.19. The Balaban J connectivity index is 1.94. The minimum absolute atomic E-state index is 0.0229. The van der Waals surface area contributed by atoms with Crippen LogP contribution in [0.4, 0.5) is 13.2 Å². The number of hydrogen-bond donors (Lipinski definition) is 0. The Labute approximate surface area is 156 Å². The first-order valence-corrected chi connectivity index (χ1v) is 8.93. The van der Waals surface area contributed by atoms with E-state index in [0.717, 1.165) is 28.5 Å². The van der Waals surface area contributed by atoms with Crippen molar-refractivity contribution in [3.8, 4) is 0 Å². The number of nitrogens with zero attached hydrogens (tertiary/aromatic N) is 3. The van der Waals surface area contributed by atoms with Gasteiger partial charge in [-0.15, -0.1) is 0 Å². The number of carbonyl (C=O) groups excluding carboxylic acids is 1. The lowest BCUT2D eigenvalue weighted by Crippen LogP contribution is -2.43. The lowest BCUT2D eigenvalue weighted by molar-refractivity contribution is -0.162. The van der Waals surface area contributed by atoms with E-state index in [1.54, 1.807) is 19.5 Å². The molecule has 2 atom stereocenters. The van der Waals surface area contributed by atoms with Crippen LogP contribution in [0, 0.1) is 5.92 Å². The molecule has 7 heteroatoms. The summed E-state index contributed by atoms with van der Waals surface area (Å²) in [7, 11) is 1.69. The molecule has 1 amide bonds. The Hall–Kier alpha value is -2.44. The van der Waals surface area contributed by atoms with Crippen LogP contribution < -0.4 is 0 Å². The Kier molecular flexibility index (Phi) is 5.48. The van der Waals surface area contributed by atoms with Gasteiger partial charge in [0, 0.05) is 49.4 Å². The quantitative estimate of drug-likeness (QED) is 0.753. The number of alkyl halides is 3. The molecular formula is C20H22F3N3O. The summed E-state index contributed by atoms with van der Waals surface area (Å²) in [5, 5.41) is 0.956. The smallest absolute Gasteiger partial charge is 0.342 e. The summed E-state index contributed by atoms with van der Waals surface area (Å²) in [6.45, 7) is 2.63. The maximum absolute atomic E-state index is 12.6. The van der Waals surface area contributed by atoms with Crippen molar-refractivity contribution >= 4 is 23.0 Å². The summed E-state index contributed by atoms with van der Waals surface area (Å²) in [6, 6.07) is 7.72. The molecular weight excluding hydrogens is 355 g/mol. The van der Waals surface area contributed by atoms with Crippen LogP contribution in [0.5, 0.6) is 0 Å². The van der Waals surface area contributed by atoms with Crippen molar-refractivity contribution in [1.29, 1.82) is 0 Å². The lowest BCUT2D eigenvalue weighted by atomic mass is 9.83. The number of amides is 1. The summed E-state index contributed by atoms with van der Waals surface area (Å²) < 4.78 is 37.9. The summed E-state index contributed by atoms with van der Waals surface area (Å²) in [4.78, 5) is 22.0. The zero-order valence-corrected chi connectivity index (χ0v) is 15.3. The maximum Gasteiger partial charge on any atom is 0.397 e. The third-order valence-electron chi connectivity index (χ3n) is 4.91. The minimum atomic E-state index is -4.48. The first-order valence-electron chi connectivity index (χ1n) is 8.93. The highest BCUT2D eigenvalue weighted by Gasteiger charge is 2.36. The van der Waals surface area contributed by atoms with Gasteiger partial charge in [0.15, 0.2) is 0 Å². The molecule has 0 N–H and O–H groups in total. The van der Waals surface area contributed by atoms with E-state index >= 15 is 0 Å². The summed E-state index contributed by atoms with van der Waals surface area (Å²) >= 11 is 0. The fourth-order valence-electron chi connectivity index (χ4n) is 3.88. The summed E-state index contributed by atoms with van der Waals surface area (Å²) in [5.74, 6) is -0.744. The van der Waals surface area contributed by atoms with Crippen molar-refractivity contribution in [1.82, 2.24) is 9.88 Å². The molecule has 1 fully saturated rings. The van der Waals surface area contributed by atoms with E-state index in [0.29, 0.717) is 13.1 Å². The fraction of sp³-hybridized carbons (Fsp3) is 0.450. The van der Waals surface area contributed by atoms with Crippen LogP contribution in [0.1, 0.15) is 36.8 Å². The highest BCUT2D eigenvalue weighted by atomic mass is 19.4. The van der Waals surface area contributed by atoms with Crippen LogP contribution in [-0.2, 0) is 4.79 Å². The largest absolute Gasteiger partial charge is 0.397 e. The number of hydrogen-bond acceptors (Lipinski definition) is 3. The molecule has 1 aliphatic heterocycles. The second-order valence-electron chi connectivity index (χ2n) is 7.16. The van der Waals surface area contributed by atoms with Gasteiger partial charge in [0.1, 0.15) is 6.42 Å². The van der Waals surface area contributed by atoms with Gasteiger partial charge in [-0.25, -0.2) is 0 Å². The van der Waals surface area contributed by atoms with Crippen LogP contribution in [0.3, 0.4) is 0 Å². The Bertz CT molecular complexity index is 863. The Morgan fingerprint density at radius 1 is 1.33 bits per heavy atom. The number of aromatic nitrogens is 1. The maximum atomic E-state index is 12.6. The molecule has 27 heavy (non-hydrogen) atoms. The van der Waals surface area contributed by atoms with Crippen LogP contribution >= 0.6 is 0 Å². The number of rotatable bonds is 3. The van der Waals surface area contributed by atoms with Gasteiger partial charge in [0.2, 0.25) is 5.91 Å². The van der Waals surface area contributed by atoms with E-state index < -0.39 is 18.5 Å². The van der Waals surface area contributed by atoms with E-state index in [4.69, 9.17) is 0 Å². The average Bonchev–Trinajstić information content (AvgIpc) is 2.60. The van der Waals surface area contributed by atoms with Crippen molar-refractivity contribution in [2.24, 2.45) is 10.9 Å². The van der Waals surface area contributed by atoms with Gasteiger partial charge in [-0.1, -0.05) is 25.1 Å². The Morgan fingerprint density at radius 2 is 2.11 bits per heavy atom. The third-order valence-corrected chi connectivity index (χ3v) is 4.91. The van der Waals surface area contributed by atoms with Crippen molar-refractivity contribution < 1.29 is 18.0 Å². The molecule has 0 bridgehead atoms. The van der Waals surface area contributed by atoms with Crippen LogP contribution in [-0.4, -0.2) is 48.3 Å². The topological polar surface area (TPSA) is 45.6 Å². The molecule has 144 valence electrons. The number of benzene rings is 1. The SMILES string of the molecule is C/N=C/c1ccc(C2CC(C)CN(C(=O)CC(F)(F)F)C2)c2cccnc12. The minimum Gasteiger partial charge on any atom is -0.342 e. The predicted molar refractivity (Wildman–Crippen MR) is 99.0 cm³/mol. The molecule has 2 heterocycles. The summed E-state index contributed by atoms with van der Waals surface area (Å²) in [6.07, 6.45) is -1.61. The molecule has 1 saturated heterocycles. The van der Waals surface area contributed by atoms with Gasteiger partial charge < -0.3 is 4.90 Å². The monoisotopic (exact) mass is 377 g/mol. The van der Waals surface area contributed by atoms with E-state index in [9.17, 15) is 18.0 Å². The molecule has 0 saturated carbocycles. The van der Waals surface area contributed by atoms with E-state index in [1.807, 2.05) is 31.2 Å². The molecule has 1 aromatic heterocycles. The van der Waals surface area contributed by atoms with E-state index in [2.05, 4.69) is 9.98 Å². The van der Waals surface area contributed by atoms with Gasteiger partial charge in [-0.05, 0) is 24.0 Å². The number of aliphatic imine (C=N–C) groups is 1. The third kappa shape index (κ3) is 4.46. The zero-order chi connectivity index (χ0) is 19.6. The number of piperidine rings is 1. The van der Waals surface area contributed by atoms with Crippen LogP contribution in [0.15, 0.2) is 35.5 Å². The standard InChI is InChI=1S/C20H22F3N3O/c1-13-8-15(12-26(11-13)18(27)9-20(21,22)23)16-6-5-14(10-24-2)19-17(16)4-3-7-25-19/h3-7,10,13,15H,8-9,11-12H2,1-2H3/b24-10+. The Morgan fingerprint density at radius 3 is 2.81 bits per heavy atom. The van der Waals surface area contributed by atoms with Gasteiger partial charge >= 0.3 is 6.18 Å². The second-order valence-corrected chi connectivity index (χ2v) is 7.16. The first-order chi connectivity index (χ1) is 12.8. The van der Waals surface area contributed by atoms with Crippen molar-refractivity contribution in [3.05, 3.63) is 41.6 Å². The van der Waals surface area contributed by atoms with Gasteiger partial charge in [-0.3, -0.25) is 14.8 Å². The molecule has 4 nitrogen and oxygen atoms in total. The molecule has 3 rings (SSSR count). The highest BCUT2D eigenvalue weighted by molar-refractivity contribution is 5.99. The lowest BCUT2D eigenvalue weighted by Gasteiger charge is -2.37. The molecule has 1 aliphatic rings. The second kappa shape index (κ2) is 7.66. The number of halogens is 3. The average molecular weight is 377 g/mol. The van der Waals surface area contributed by atoms with E-state index in [1.165, 1.54) is 4.90 Å². The van der Waals surface area contributed by atoms with Gasteiger partial charge in [-0.2, -0.15) is 13.2 Å². The molecule has 0 aliphatic carbocycles. The van der Waals surface area contributed by atoms with E-state index in [-0.39, 0.29) is 11.8 Å². The molecule has 2 unspecified atom stereocenters. The van der Waals surface area contributed by atoms with Crippen molar-refractivity contribution in [2.45, 2.75) is 31.9 Å². The highest BCUT2D eigenvalue weighted by Crippen LogP contribution is 2.35. The van der Waals surface area contributed by atoms with Gasteiger partial charge in [0.05, 0.1) is 5.52 Å². The first kappa shape index (κ1) is 19.3. The van der Waals surface area contributed by atoms with Crippen molar-refractivity contribution in [3.63, 3.8) is 0 Å². The number of carbonyl (C=O) groups is 1. The van der Waals surface area contributed by atoms with Gasteiger partial charge in [0.25, 0.3) is 0 Å². The summed E-state index contributed by atoms with van der Waals surface area (Å²) in [5.41, 5.74) is 2.72. The number of likely N-dealkylation sites (tertiary alicyclic amines) is 1. The number of pyridine rings is 1.